The number of alkyl halides is 3. The first kappa shape index (κ1) is 15.5. The van der Waals surface area contributed by atoms with E-state index in [-0.39, 0.29) is 5.56 Å². The van der Waals surface area contributed by atoms with Crippen LogP contribution in [-0.2, 0) is 6.18 Å². The van der Waals surface area contributed by atoms with Crippen molar-refractivity contribution in [1.82, 2.24) is 5.32 Å². The molecule has 1 rings (SSSR count). The number of carbonyl (C=O) groups excluding carboxylic acids is 1. The zero-order valence-corrected chi connectivity index (χ0v) is 11.1. The molecule has 0 aliphatic rings. The van der Waals surface area contributed by atoms with E-state index in [4.69, 9.17) is 0 Å². The van der Waals surface area contributed by atoms with Gasteiger partial charge in [0.05, 0.1) is 11.1 Å². The van der Waals surface area contributed by atoms with E-state index in [1.165, 1.54) is 18.2 Å². The second kappa shape index (κ2) is 6.59. The lowest BCUT2D eigenvalue weighted by atomic mass is 10.0. The molecule has 0 aliphatic heterocycles. The van der Waals surface area contributed by atoms with Crippen LogP contribution in [0.4, 0.5) is 13.2 Å². The highest BCUT2D eigenvalue weighted by molar-refractivity contribution is 5.95. The lowest BCUT2D eigenvalue weighted by molar-refractivity contribution is -0.137. The van der Waals surface area contributed by atoms with Crippen LogP contribution >= 0.6 is 0 Å². The first-order valence-corrected chi connectivity index (χ1v) is 6.34. The molecule has 0 bridgehead atoms. The fourth-order valence-electron chi connectivity index (χ4n) is 1.84. The van der Waals surface area contributed by atoms with E-state index in [0.29, 0.717) is 12.5 Å². The molecule has 0 spiro atoms. The smallest absolute Gasteiger partial charge is 0.352 e. The minimum atomic E-state index is -4.51. The largest absolute Gasteiger partial charge is 0.417 e. The van der Waals surface area contributed by atoms with Gasteiger partial charge in [0, 0.05) is 6.54 Å². The van der Waals surface area contributed by atoms with Gasteiger partial charge in [-0.2, -0.15) is 13.2 Å². The molecule has 0 aliphatic carbocycles. The van der Waals surface area contributed by atoms with Crippen LogP contribution in [0.25, 0.3) is 0 Å². The van der Waals surface area contributed by atoms with Crippen LogP contribution in [0.1, 0.15) is 42.6 Å². The van der Waals surface area contributed by atoms with Crippen molar-refractivity contribution in [3.8, 4) is 0 Å². The van der Waals surface area contributed by atoms with Crippen LogP contribution in [0.2, 0.25) is 0 Å². The quantitative estimate of drug-likeness (QED) is 0.867. The standard InChI is InChI=1S/C14H18F3NO/c1-3-10(4-2)9-18-13(19)11-7-5-6-8-12(11)14(15,16)17/h5-8,10H,3-4,9H2,1-2H3,(H,18,19). The van der Waals surface area contributed by atoms with Crippen molar-refractivity contribution in [2.75, 3.05) is 6.54 Å². The van der Waals surface area contributed by atoms with Gasteiger partial charge in [-0.25, -0.2) is 0 Å². The van der Waals surface area contributed by atoms with E-state index in [1.54, 1.807) is 0 Å². The van der Waals surface area contributed by atoms with Gasteiger partial charge in [-0.15, -0.1) is 0 Å². The Labute approximate surface area is 111 Å². The number of rotatable bonds is 5. The van der Waals surface area contributed by atoms with Gasteiger partial charge in [0.15, 0.2) is 0 Å². The maximum atomic E-state index is 12.8. The van der Waals surface area contributed by atoms with Gasteiger partial charge in [0.1, 0.15) is 0 Å². The number of benzene rings is 1. The molecule has 1 aromatic rings. The van der Waals surface area contributed by atoms with Gasteiger partial charge >= 0.3 is 6.18 Å². The van der Waals surface area contributed by atoms with Crippen LogP contribution in [0.3, 0.4) is 0 Å². The van der Waals surface area contributed by atoms with Crippen LogP contribution < -0.4 is 5.32 Å². The number of nitrogens with one attached hydrogen (secondary N) is 1. The highest BCUT2D eigenvalue weighted by atomic mass is 19.4. The van der Waals surface area contributed by atoms with E-state index < -0.39 is 17.6 Å². The number of halogens is 3. The Hall–Kier alpha value is -1.52. The Bertz CT molecular complexity index is 425. The molecule has 0 saturated heterocycles. The number of hydrogen-bond acceptors (Lipinski definition) is 1. The molecule has 0 heterocycles. The maximum absolute atomic E-state index is 12.8. The molecule has 0 atom stereocenters. The number of carbonyl (C=O) groups is 1. The molecule has 2 nitrogen and oxygen atoms in total. The third-order valence-electron chi connectivity index (χ3n) is 3.18. The Morgan fingerprint density at radius 2 is 1.79 bits per heavy atom. The van der Waals surface area contributed by atoms with Gasteiger partial charge in [0.25, 0.3) is 5.91 Å². The zero-order chi connectivity index (χ0) is 14.5. The van der Waals surface area contributed by atoms with E-state index in [0.717, 1.165) is 18.9 Å². The minimum Gasteiger partial charge on any atom is -0.352 e. The molecular formula is C14H18F3NO. The second-order valence-electron chi connectivity index (χ2n) is 4.44. The highest BCUT2D eigenvalue weighted by Crippen LogP contribution is 2.31. The summed E-state index contributed by atoms with van der Waals surface area (Å²) in [6, 6.07) is 4.83. The Morgan fingerprint density at radius 3 is 2.32 bits per heavy atom. The molecule has 106 valence electrons. The van der Waals surface area contributed by atoms with Gasteiger partial charge < -0.3 is 5.32 Å². The van der Waals surface area contributed by atoms with Crippen molar-refractivity contribution in [3.63, 3.8) is 0 Å². The number of amides is 1. The summed E-state index contributed by atoms with van der Waals surface area (Å²) in [5.74, 6) is -0.373. The fraction of sp³-hybridized carbons (Fsp3) is 0.500. The molecule has 0 aromatic heterocycles. The van der Waals surface area contributed by atoms with Crippen LogP contribution in [-0.4, -0.2) is 12.5 Å². The summed E-state index contributed by atoms with van der Waals surface area (Å²) >= 11 is 0. The van der Waals surface area contributed by atoms with Crippen molar-refractivity contribution >= 4 is 5.91 Å². The normalized spacial score (nSPS) is 11.7. The lowest BCUT2D eigenvalue weighted by Gasteiger charge is -2.15. The first-order valence-electron chi connectivity index (χ1n) is 6.34. The summed E-state index contributed by atoms with van der Waals surface area (Å²) in [6.45, 7) is 4.38. The SMILES string of the molecule is CCC(CC)CNC(=O)c1ccccc1C(F)(F)F. The Kier molecular flexibility index (Phi) is 5.39. The molecule has 1 aromatic carbocycles. The van der Waals surface area contributed by atoms with E-state index in [2.05, 4.69) is 5.32 Å². The molecular weight excluding hydrogens is 255 g/mol. The number of hydrogen-bond donors (Lipinski definition) is 1. The van der Waals surface area contributed by atoms with Crippen molar-refractivity contribution in [1.29, 1.82) is 0 Å². The average molecular weight is 273 g/mol. The molecule has 0 fully saturated rings. The third kappa shape index (κ3) is 4.26. The van der Waals surface area contributed by atoms with E-state index in [1.807, 2.05) is 13.8 Å². The van der Waals surface area contributed by atoms with Gasteiger partial charge in [-0.05, 0) is 18.1 Å². The summed E-state index contributed by atoms with van der Waals surface area (Å²) in [7, 11) is 0. The second-order valence-corrected chi connectivity index (χ2v) is 4.44. The molecule has 0 saturated carbocycles. The summed E-state index contributed by atoms with van der Waals surface area (Å²) < 4.78 is 38.3. The summed E-state index contributed by atoms with van der Waals surface area (Å²) in [4.78, 5) is 11.8. The third-order valence-corrected chi connectivity index (χ3v) is 3.18. The van der Waals surface area contributed by atoms with Crippen molar-refractivity contribution in [3.05, 3.63) is 35.4 Å². The lowest BCUT2D eigenvalue weighted by Crippen LogP contribution is -2.30. The predicted octanol–water partition coefficient (Wildman–Crippen LogP) is 3.87. The molecule has 1 amide bonds. The molecule has 5 heteroatoms. The van der Waals surface area contributed by atoms with Gasteiger partial charge in [-0.3, -0.25) is 4.79 Å². The fourth-order valence-corrected chi connectivity index (χ4v) is 1.84. The Morgan fingerprint density at radius 1 is 1.21 bits per heavy atom. The predicted molar refractivity (Wildman–Crippen MR) is 67.8 cm³/mol. The first-order chi connectivity index (χ1) is 8.90. The highest BCUT2D eigenvalue weighted by Gasteiger charge is 2.34. The average Bonchev–Trinajstić information content (AvgIpc) is 2.38. The van der Waals surface area contributed by atoms with E-state index in [9.17, 15) is 18.0 Å². The maximum Gasteiger partial charge on any atom is 0.417 e. The summed E-state index contributed by atoms with van der Waals surface area (Å²) in [6.07, 6.45) is -2.74. The van der Waals surface area contributed by atoms with Crippen molar-refractivity contribution in [2.45, 2.75) is 32.9 Å². The minimum absolute atomic E-state index is 0.294. The summed E-state index contributed by atoms with van der Waals surface area (Å²) in [5.41, 5.74) is -1.21. The molecule has 0 unspecified atom stereocenters. The molecule has 1 N–H and O–H groups in total. The van der Waals surface area contributed by atoms with Crippen molar-refractivity contribution < 1.29 is 18.0 Å². The van der Waals surface area contributed by atoms with Crippen LogP contribution in [0.15, 0.2) is 24.3 Å². The van der Waals surface area contributed by atoms with E-state index >= 15 is 0 Å². The van der Waals surface area contributed by atoms with Crippen LogP contribution in [0.5, 0.6) is 0 Å². The zero-order valence-electron chi connectivity index (χ0n) is 11.1. The topological polar surface area (TPSA) is 29.1 Å². The van der Waals surface area contributed by atoms with Gasteiger partial charge in [0.2, 0.25) is 0 Å². The van der Waals surface area contributed by atoms with Crippen LogP contribution in [0, 0.1) is 5.92 Å². The summed E-state index contributed by atoms with van der Waals surface area (Å²) in [5, 5.41) is 2.57. The molecule has 19 heavy (non-hydrogen) atoms. The Balaban J connectivity index is 2.83. The monoisotopic (exact) mass is 273 g/mol. The van der Waals surface area contributed by atoms with Gasteiger partial charge in [-0.1, -0.05) is 38.8 Å². The molecule has 0 radical (unpaired) electrons. The van der Waals surface area contributed by atoms with Crippen molar-refractivity contribution in [2.24, 2.45) is 5.92 Å².